The monoisotopic (exact) mass is 471 g/mol. The molecule has 1 fully saturated rings. The van der Waals surface area contributed by atoms with Crippen LogP contribution in [-0.2, 0) is 43.7 Å². The quantitative estimate of drug-likeness (QED) is 0.484. The first-order valence-electron chi connectivity index (χ1n) is 10.3. The molecule has 0 spiro atoms. The minimum absolute atomic E-state index is 0. The number of hydrogen-bond donors (Lipinski definition) is 1. The van der Waals surface area contributed by atoms with E-state index in [1.165, 1.54) is 37.1 Å². The molecule has 1 radical (unpaired) electrons. The average Bonchev–Trinajstić information content (AvgIpc) is 2.67. The number of carbonyl (C=O) groups excluding carboxylic acids is 1. The van der Waals surface area contributed by atoms with Crippen molar-refractivity contribution in [2.45, 2.75) is 58.3 Å². The van der Waals surface area contributed by atoms with Crippen molar-refractivity contribution in [1.29, 1.82) is 0 Å². The minimum Gasteiger partial charge on any atom is -0.322 e. The van der Waals surface area contributed by atoms with E-state index in [0.29, 0.717) is 0 Å². The van der Waals surface area contributed by atoms with Crippen LogP contribution in [0.15, 0.2) is 48.5 Å². The molecule has 1 atom stereocenters. The summed E-state index contributed by atoms with van der Waals surface area (Å²) in [6.45, 7) is 6.37. The van der Waals surface area contributed by atoms with Gasteiger partial charge >= 0.3 is 0 Å². The van der Waals surface area contributed by atoms with E-state index in [2.05, 4.69) is 74.6 Å². The molecule has 1 N–H and O–H groups in total. The average molecular weight is 471 g/mol. The SMILES string of the molecule is CCC(C(=O)Nc1c(C)cccc1C)[P+]1(Cc2ccccc2)CCCCC1.[Y]. The van der Waals surface area contributed by atoms with Gasteiger partial charge in [-0.25, -0.2) is 0 Å². The predicted molar refractivity (Wildman–Crippen MR) is 119 cm³/mol. The molecular weight excluding hydrogens is 438 g/mol. The van der Waals surface area contributed by atoms with E-state index in [0.717, 1.165) is 29.4 Å². The molecule has 1 aliphatic rings. The Kier molecular flexibility index (Phi) is 9.32. The maximum absolute atomic E-state index is 13.5. The Morgan fingerprint density at radius 3 is 2.14 bits per heavy atom. The predicted octanol–water partition coefficient (Wildman–Crippen LogP) is 6.42. The Labute approximate surface area is 196 Å². The van der Waals surface area contributed by atoms with E-state index in [4.69, 9.17) is 0 Å². The molecule has 3 rings (SSSR count). The van der Waals surface area contributed by atoms with Gasteiger partial charge in [0.2, 0.25) is 0 Å². The van der Waals surface area contributed by atoms with Gasteiger partial charge in [-0.15, -0.1) is 0 Å². The molecule has 0 aliphatic carbocycles. The number of hydrogen-bond acceptors (Lipinski definition) is 1. The van der Waals surface area contributed by atoms with Gasteiger partial charge in [-0.1, -0.05) is 55.5 Å². The molecule has 0 saturated carbocycles. The van der Waals surface area contributed by atoms with Crippen molar-refractivity contribution >= 4 is 18.9 Å². The van der Waals surface area contributed by atoms with Gasteiger partial charge in [-0.05, 0) is 56.2 Å². The van der Waals surface area contributed by atoms with Gasteiger partial charge in [-0.2, -0.15) is 0 Å². The van der Waals surface area contributed by atoms with Crippen LogP contribution in [0.2, 0.25) is 0 Å². The number of nitrogens with one attached hydrogen (secondary N) is 1. The Bertz CT molecular complexity index is 751. The molecule has 1 unspecified atom stereocenters. The van der Waals surface area contributed by atoms with Crippen LogP contribution in [0.1, 0.15) is 49.3 Å². The summed E-state index contributed by atoms with van der Waals surface area (Å²) < 4.78 is 0. The van der Waals surface area contributed by atoms with Crippen LogP contribution in [0.5, 0.6) is 0 Å². The molecule has 1 saturated heterocycles. The van der Waals surface area contributed by atoms with Crippen LogP contribution in [-0.4, -0.2) is 23.9 Å². The van der Waals surface area contributed by atoms with Gasteiger partial charge < -0.3 is 5.32 Å². The van der Waals surface area contributed by atoms with E-state index in [-0.39, 0.29) is 44.3 Å². The number of benzene rings is 2. The Balaban J connectivity index is 0.00000280. The molecule has 1 heterocycles. The third-order valence-electron chi connectivity index (χ3n) is 6.13. The van der Waals surface area contributed by atoms with Crippen LogP contribution < -0.4 is 5.32 Å². The van der Waals surface area contributed by atoms with Crippen LogP contribution in [0, 0.1) is 13.8 Å². The van der Waals surface area contributed by atoms with Crippen molar-refractivity contribution in [3.05, 3.63) is 65.2 Å². The summed E-state index contributed by atoms with van der Waals surface area (Å²) in [5.41, 5.74) is 4.88. The Morgan fingerprint density at radius 2 is 1.57 bits per heavy atom. The van der Waals surface area contributed by atoms with Crippen molar-refractivity contribution in [3.63, 3.8) is 0 Å². The second kappa shape index (κ2) is 11.0. The van der Waals surface area contributed by atoms with Gasteiger partial charge in [0.15, 0.2) is 0 Å². The van der Waals surface area contributed by atoms with Crippen molar-refractivity contribution in [2.75, 3.05) is 17.6 Å². The molecule has 0 bridgehead atoms. The van der Waals surface area contributed by atoms with Crippen molar-refractivity contribution in [3.8, 4) is 0 Å². The maximum Gasteiger partial charge on any atom is 0.265 e. The van der Waals surface area contributed by atoms with Gasteiger partial charge in [0.25, 0.3) is 5.91 Å². The molecule has 2 nitrogen and oxygen atoms in total. The first-order valence-corrected chi connectivity index (χ1v) is 12.7. The van der Waals surface area contributed by atoms with Gasteiger partial charge in [-0.3, -0.25) is 4.79 Å². The Morgan fingerprint density at radius 1 is 0.964 bits per heavy atom. The minimum atomic E-state index is -1.36. The van der Waals surface area contributed by atoms with Gasteiger partial charge in [0.05, 0.1) is 18.5 Å². The van der Waals surface area contributed by atoms with E-state index in [1.54, 1.807) is 0 Å². The topological polar surface area (TPSA) is 29.1 Å². The smallest absolute Gasteiger partial charge is 0.265 e. The fourth-order valence-corrected chi connectivity index (χ4v) is 10.1. The molecule has 2 aromatic rings. The number of aryl methyl sites for hydroxylation is 2. The number of carbonyl (C=O) groups is 1. The number of rotatable bonds is 6. The first-order chi connectivity index (χ1) is 13.1. The van der Waals surface area contributed by atoms with E-state index in [1.807, 2.05) is 0 Å². The van der Waals surface area contributed by atoms with Crippen molar-refractivity contribution in [2.24, 2.45) is 0 Å². The van der Waals surface area contributed by atoms with Crippen LogP contribution in [0.25, 0.3) is 0 Å². The van der Waals surface area contributed by atoms with E-state index >= 15 is 0 Å². The molecule has 2 aromatic carbocycles. The standard InChI is InChI=1S/C24H32NOP.Y/c1-4-22(24(26)25-23-19(2)12-11-13-20(23)3)27(16-9-6-10-17-27)18-21-14-7-5-8-15-21;/h5,7-8,11-15,22H,4,6,9-10,16-18H2,1-3H3;/p+1. The van der Waals surface area contributed by atoms with Crippen LogP contribution >= 0.6 is 7.26 Å². The third kappa shape index (κ3) is 5.53. The summed E-state index contributed by atoms with van der Waals surface area (Å²) in [6.07, 6.45) is 8.48. The Hall–Kier alpha value is -0.556. The van der Waals surface area contributed by atoms with Crippen LogP contribution in [0.4, 0.5) is 5.69 Å². The molecular formula is C24H33NOPY+. The summed E-state index contributed by atoms with van der Waals surface area (Å²) in [7, 11) is -1.36. The summed E-state index contributed by atoms with van der Waals surface area (Å²) in [5, 5.41) is 3.33. The fraction of sp³-hybridized carbons (Fsp3) is 0.458. The molecule has 0 aromatic heterocycles. The van der Waals surface area contributed by atoms with E-state index < -0.39 is 7.26 Å². The zero-order chi connectivity index (χ0) is 19.3. The largest absolute Gasteiger partial charge is 0.322 e. The molecule has 147 valence electrons. The number of anilines is 1. The maximum atomic E-state index is 13.5. The van der Waals surface area contributed by atoms with Crippen molar-refractivity contribution < 1.29 is 37.5 Å². The second-order valence-electron chi connectivity index (χ2n) is 8.05. The zero-order valence-electron chi connectivity index (χ0n) is 17.6. The molecule has 1 amide bonds. The van der Waals surface area contributed by atoms with Crippen molar-refractivity contribution in [1.82, 2.24) is 0 Å². The fourth-order valence-electron chi connectivity index (χ4n) is 4.71. The van der Waals surface area contributed by atoms with E-state index in [9.17, 15) is 4.79 Å². The molecule has 1 aliphatic heterocycles. The van der Waals surface area contributed by atoms with Gasteiger partial charge in [0, 0.05) is 45.7 Å². The molecule has 28 heavy (non-hydrogen) atoms. The summed E-state index contributed by atoms with van der Waals surface area (Å²) in [5.74, 6) is 0.251. The second-order valence-corrected chi connectivity index (χ2v) is 12.3. The zero-order valence-corrected chi connectivity index (χ0v) is 21.3. The first kappa shape index (κ1) is 23.7. The normalized spacial score (nSPS) is 16.7. The summed E-state index contributed by atoms with van der Waals surface area (Å²) in [6, 6.07) is 17.1. The summed E-state index contributed by atoms with van der Waals surface area (Å²) in [4.78, 5) is 13.5. The number of para-hydroxylation sites is 1. The number of amides is 1. The third-order valence-corrected chi connectivity index (χ3v) is 11.5. The van der Waals surface area contributed by atoms with Crippen LogP contribution in [0.3, 0.4) is 0 Å². The summed E-state index contributed by atoms with van der Waals surface area (Å²) >= 11 is 0. The molecule has 4 heteroatoms. The van der Waals surface area contributed by atoms with Gasteiger partial charge in [0.1, 0.15) is 5.66 Å².